The fourth-order valence-corrected chi connectivity index (χ4v) is 2.85. The zero-order valence-corrected chi connectivity index (χ0v) is 19.0. The number of halogens is 2. The van der Waals surface area contributed by atoms with Crippen molar-refractivity contribution in [1.29, 1.82) is 0 Å². The predicted octanol–water partition coefficient (Wildman–Crippen LogP) is 7.00. The number of hydrogen-bond donors (Lipinski definition) is 0. The van der Waals surface area contributed by atoms with Gasteiger partial charge in [-0.15, -0.1) is 0 Å². The van der Waals surface area contributed by atoms with Gasteiger partial charge in [-0.1, -0.05) is 41.7 Å². The number of rotatable bonds is 14. The smallest absolute Gasteiger partial charge is 0.125 e. The van der Waals surface area contributed by atoms with Crippen molar-refractivity contribution in [1.82, 2.24) is 0 Å². The van der Waals surface area contributed by atoms with Gasteiger partial charge in [-0.2, -0.15) is 0 Å². The summed E-state index contributed by atoms with van der Waals surface area (Å²) < 4.78 is 12.1. The third-order valence-corrected chi connectivity index (χ3v) is 4.26. The quantitative estimate of drug-likeness (QED) is 0.181. The normalized spacial score (nSPS) is 10.4. The predicted molar refractivity (Wildman–Crippen MR) is 119 cm³/mol. The molecule has 0 unspecified atom stereocenters. The summed E-state index contributed by atoms with van der Waals surface area (Å²) in [6, 6.07) is 4.05. The molecule has 0 heterocycles. The summed E-state index contributed by atoms with van der Waals surface area (Å²) in [4.78, 5) is 5.21. The van der Waals surface area contributed by atoms with Crippen LogP contribution < -0.4 is 9.47 Å². The molecule has 0 amide bonds. The Hall–Kier alpha value is -1.39. The molecule has 0 aliphatic rings. The Morgan fingerprint density at radius 2 is 1.75 bits per heavy atom. The van der Waals surface area contributed by atoms with Crippen LogP contribution in [0.4, 0.5) is 0 Å². The summed E-state index contributed by atoms with van der Waals surface area (Å²) in [7, 11) is 0. The van der Waals surface area contributed by atoms with Gasteiger partial charge in [0.25, 0.3) is 0 Å². The first-order valence-electron chi connectivity index (χ1n) is 9.97. The van der Waals surface area contributed by atoms with Gasteiger partial charge in [0.15, 0.2) is 0 Å². The molecule has 0 fully saturated rings. The van der Waals surface area contributed by atoms with E-state index in [-0.39, 0.29) is 4.49 Å². The average molecular weight is 430 g/mol. The molecule has 0 aliphatic heterocycles. The maximum atomic E-state index is 6.11. The van der Waals surface area contributed by atoms with Gasteiger partial charge in [0, 0.05) is 0 Å². The number of unbranched alkanes of at least 4 members (excludes halogenated alkanes) is 3. The molecule has 0 aliphatic carbocycles. The van der Waals surface area contributed by atoms with Gasteiger partial charge in [0.05, 0.1) is 12.3 Å². The highest BCUT2D eigenvalue weighted by atomic mass is 35.5. The highest BCUT2D eigenvalue weighted by Crippen LogP contribution is 2.30. The fourth-order valence-electron chi connectivity index (χ4n) is 2.73. The zero-order valence-electron chi connectivity index (χ0n) is 17.5. The monoisotopic (exact) mass is 429 g/mol. The number of aryl methyl sites for hydroxylation is 2. The lowest BCUT2D eigenvalue weighted by atomic mass is 10.0. The molecule has 1 rings (SSSR count). The standard InChI is InChI=1S/C22H33Cl2NO3/c1-5-10-19-16-20(26-14-11-21(23)24)15-18(4)22(19)27-12-8-6-7-9-13-28-25-17(2)3/h11,15-16H,5-10,12-14H2,1-4H3. The molecule has 1 aromatic rings. The van der Waals surface area contributed by atoms with Crippen LogP contribution in [-0.4, -0.2) is 25.5 Å². The molecule has 6 heteroatoms. The molecule has 0 saturated carbocycles. The maximum Gasteiger partial charge on any atom is 0.125 e. The van der Waals surface area contributed by atoms with Crippen molar-refractivity contribution < 1.29 is 14.3 Å². The summed E-state index contributed by atoms with van der Waals surface area (Å²) in [5.74, 6) is 1.79. The van der Waals surface area contributed by atoms with Gasteiger partial charge in [-0.05, 0) is 82.2 Å². The molecule has 0 aromatic heterocycles. The second-order valence-electron chi connectivity index (χ2n) is 6.92. The number of benzene rings is 1. The molecular formula is C22H33Cl2NO3. The number of oxime groups is 1. The van der Waals surface area contributed by atoms with E-state index < -0.39 is 0 Å². The van der Waals surface area contributed by atoms with E-state index in [0.29, 0.717) is 13.2 Å². The molecule has 0 atom stereocenters. The van der Waals surface area contributed by atoms with E-state index in [1.807, 2.05) is 19.9 Å². The van der Waals surface area contributed by atoms with E-state index in [0.717, 1.165) is 67.9 Å². The van der Waals surface area contributed by atoms with Crippen LogP contribution in [0.5, 0.6) is 11.5 Å². The average Bonchev–Trinajstić information content (AvgIpc) is 2.61. The molecule has 0 saturated heterocycles. The first kappa shape index (κ1) is 24.6. The number of nitrogens with zero attached hydrogens (tertiary/aromatic N) is 1. The second-order valence-corrected chi connectivity index (χ2v) is 7.93. The highest BCUT2D eigenvalue weighted by Gasteiger charge is 2.10. The Bertz CT molecular complexity index is 637. The van der Waals surface area contributed by atoms with E-state index in [4.69, 9.17) is 37.5 Å². The minimum absolute atomic E-state index is 0.213. The van der Waals surface area contributed by atoms with Crippen molar-refractivity contribution in [3.63, 3.8) is 0 Å². The third-order valence-electron chi connectivity index (χ3n) is 3.96. The summed E-state index contributed by atoms with van der Waals surface area (Å²) in [6.45, 7) is 9.82. The van der Waals surface area contributed by atoms with Crippen molar-refractivity contribution >= 4 is 28.9 Å². The second kappa shape index (κ2) is 14.6. The largest absolute Gasteiger partial charge is 0.493 e. The van der Waals surface area contributed by atoms with E-state index >= 15 is 0 Å². The summed E-state index contributed by atoms with van der Waals surface area (Å²) in [5, 5.41) is 3.93. The van der Waals surface area contributed by atoms with Gasteiger partial charge in [-0.25, -0.2) is 0 Å². The van der Waals surface area contributed by atoms with Crippen molar-refractivity contribution in [3.8, 4) is 11.5 Å². The minimum Gasteiger partial charge on any atom is -0.493 e. The van der Waals surface area contributed by atoms with E-state index in [1.165, 1.54) is 5.56 Å². The Morgan fingerprint density at radius 1 is 1.04 bits per heavy atom. The lowest BCUT2D eigenvalue weighted by Gasteiger charge is -2.16. The Kier molecular flexibility index (Phi) is 12.8. The third kappa shape index (κ3) is 10.8. The van der Waals surface area contributed by atoms with Gasteiger partial charge in [0.2, 0.25) is 0 Å². The van der Waals surface area contributed by atoms with Crippen LogP contribution >= 0.6 is 23.2 Å². The fraction of sp³-hybridized carbons (Fsp3) is 0.591. The van der Waals surface area contributed by atoms with Crippen LogP contribution in [0.15, 0.2) is 27.9 Å². The first-order valence-corrected chi connectivity index (χ1v) is 10.7. The maximum absolute atomic E-state index is 6.11. The zero-order chi connectivity index (χ0) is 20.8. The summed E-state index contributed by atoms with van der Waals surface area (Å²) in [5.41, 5.74) is 3.21. The van der Waals surface area contributed by atoms with E-state index in [1.54, 1.807) is 6.08 Å². The SMILES string of the molecule is CCCc1cc(OCC=C(Cl)Cl)cc(C)c1OCCCCCCON=C(C)C. The topological polar surface area (TPSA) is 40.0 Å². The van der Waals surface area contributed by atoms with Crippen molar-refractivity contribution in [3.05, 3.63) is 33.8 Å². The summed E-state index contributed by atoms with van der Waals surface area (Å²) >= 11 is 11.3. The van der Waals surface area contributed by atoms with Crippen LogP contribution in [0.3, 0.4) is 0 Å². The van der Waals surface area contributed by atoms with Crippen molar-refractivity contribution in [2.75, 3.05) is 19.8 Å². The Morgan fingerprint density at radius 3 is 2.39 bits per heavy atom. The van der Waals surface area contributed by atoms with Crippen LogP contribution in [0.1, 0.15) is 64.0 Å². The first-order chi connectivity index (χ1) is 13.4. The van der Waals surface area contributed by atoms with Gasteiger partial charge in [0.1, 0.15) is 29.2 Å². The van der Waals surface area contributed by atoms with E-state index in [9.17, 15) is 0 Å². The van der Waals surface area contributed by atoms with Crippen LogP contribution in [-0.2, 0) is 11.3 Å². The van der Waals surface area contributed by atoms with Gasteiger partial charge < -0.3 is 14.3 Å². The molecule has 0 bridgehead atoms. The number of ether oxygens (including phenoxy) is 2. The highest BCUT2D eigenvalue weighted by molar-refractivity contribution is 6.55. The Labute approximate surface area is 179 Å². The van der Waals surface area contributed by atoms with Gasteiger partial charge in [-0.3, -0.25) is 0 Å². The number of hydrogen-bond acceptors (Lipinski definition) is 4. The van der Waals surface area contributed by atoms with Gasteiger partial charge >= 0.3 is 0 Å². The Balaban J connectivity index is 2.46. The minimum atomic E-state index is 0.213. The van der Waals surface area contributed by atoms with Crippen LogP contribution in [0.25, 0.3) is 0 Å². The molecular weight excluding hydrogens is 397 g/mol. The summed E-state index contributed by atoms with van der Waals surface area (Å²) in [6.07, 6.45) is 7.91. The van der Waals surface area contributed by atoms with E-state index in [2.05, 4.69) is 25.1 Å². The molecule has 0 N–H and O–H groups in total. The molecule has 1 aromatic carbocycles. The van der Waals surface area contributed by atoms with Crippen molar-refractivity contribution in [2.45, 2.75) is 66.2 Å². The van der Waals surface area contributed by atoms with Crippen LogP contribution in [0, 0.1) is 6.92 Å². The molecule has 0 spiro atoms. The van der Waals surface area contributed by atoms with Crippen molar-refractivity contribution in [2.24, 2.45) is 5.16 Å². The molecule has 4 nitrogen and oxygen atoms in total. The molecule has 158 valence electrons. The molecule has 28 heavy (non-hydrogen) atoms. The lowest BCUT2D eigenvalue weighted by molar-refractivity contribution is 0.139. The lowest BCUT2D eigenvalue weighted by Crippen LogP contribution is -2.04. The van der Waals surface area contributed by atoms with Crippen LogP contribution in [0.2, 0.25) is 0 Å². The molecule has 0 radical (unpaired) electrons.